The van der Waals surface area contributed by atoms with Crippen molar-refractivity contribution >= 4 is 17.6 Å². The summed E-state index contributed by atoms with van der Waals surface area (Å²) in [6, 6.07) is 24.1. The first-order valence-corrected chi connectivity index (χ1v) is 10.8. The Morgan fingerprint density at radius 2 is 1.55 bits per heavy atom. The summed E-state index contributed by atoms with van der Waals surface area (Å²) in [7, 11) is 0. The number of hydrogen-bond acceptors (Lipinski definition) is 5. The van der Waals surface area contributed by atoms with E-state index >= 15 is 0 Å². The summed E-state index contributed by atoms with van der Waals surface area (Å²) in [5.41, 5.74) is 4.37. The van der Waals surface area contributed by atoms with Gasteiger partial charge in [0.15, 0.2) is 11.5 Å². The molecule has 1 amide bonds. The average molecular weight is 437 g/mol. The van der Waals surface area contributed by atoms with Crippen LogP contribution in [0.25, 0.3) is 11.1 Å². The van der Waals surface area contributed by atoms with Gasteiger partial charge in [-0.3, -0.25) is 9.63 Å². The van der Waals surface area contributed by atoms with Crippen LogP contribution in [0.2, 0.25) is 0 Å². The molecule has 0 unspecified atom stereocenters. The lowest BCUT2D eigenvalue weighted by molar-refractivity contribution is 0.103. The zero-order chi connectivity index (χ0) is 23.2. The Hall–Kier alpha value is -4.24. The van der Waals surface area contributed by atoms with E-state index in [9.17, 15) is 14.9 Å². The van der Waals surface area contributed by atoms with Crippen molar-refractivity contribution in [1.82, 2.24) is 4.90 Å². The van der Waals surface area contributed by atoms with E-state index in [4.69, 9.17) is 4.84 Å². The van der Waals surface area contributed by atoms with Crippen LogP contribution < -0.4 is 0 Å². The summed E-state index contributed by atoms with van der Waals surface area (Å²) in [5.74, 6) is -0.0424. The maximum Gasteiger partial charge on any atom is 0.436 e. The fourth-order valence-electron chi connectivity index (χ4n) is 3.85. The van der Waals surface area contributed by atoms with E-state index in [1.165, 1.54) is 0 Å². The number of amides is 1. The predicted octanol–water partition coefficient (Wildman–Crippen LogP) is 5.35. The number of aryl methyl sites for hydroxylation is 1. The van der Waals surface area contributed by atoms with Crippen molar-refractivity contribution in [2.75, 3.05) is 13.1 Å². The van der Waals surface area contributed by atoms with Crippen molar-refractivity contribution in [3.63, 3.8) is 0 Å². The van der Waals surface area contributed by atoms with E-state index in [0.29, 0.717) is 29.8 Å². The van der Waals surface area contributed by atoms with Gasteiger partial charge in [0.2, 0.25) is 0 Å². The van der Waals surface area contributed by atoms with Gasteiger partial charge in [0.25, 0.3) is 0 Å². The number of nitriles is 1. The molecular formula is C27H23N3O3. The molecule has 1 heterocycles. The van der Waals surface area contributed by atoms with Crippen molar-refractivity contribution < 1.29 is 14.4 Å². The number of benzene rings is 3. The van der Waals surface area contributed by atoms with Gasteiger partial charge in [-0.1, -0.05) is 65.8 Å². The van der Waals surface area contributed by atoms with Gasteiger partial charge < -0.3 is 4.90 Å². The zero-order valence-electron chi connectivity index (χ0n) is 18.3. The summed E-state index contributed by atoms with van der Waals surface area (Å²) in [5, 5.41) is 13.4. The summed E-state index contributed by atoms with van der Waals surface area (Å²) in [4.78, 5) is 31.7. The number of rotatable bonds is 5. The number of hydrogen-bond donors (Lipinski definition) is 0. The van der Waals surface area contributed by atoms with Gasteiger partial charge in [-0.25, -0.2) is 4.79 Å². The fraction of sp³-hybridized carbons (Fsp3) is 0.185. The molecule has 6 heteroatoms. The minimum absolute atomic E-state index is 0.0107. The molecule has 0 N–H and O–H groups in total. The second-order valence-electron chi connectivity index (χ2n) is 7.91. The molecule has 3 aromatic rings. The molecule has 1 saturated heterocycles. The Morgan fingerprint density at radius 1 is 0.909 bits per heavy atom. The van der Waals surface area contributed by atoms with Gasteiger partial charge >= 0.3 is 6.09 Å². The van der Waals surface area contributed by atoms with E-state index in [0.717, 1.165) is 29.5 Å². The van der Waals surface area contributed by atoms with Crippen molar-refractivity contribution in [2.45, 2.75) is 19.8 Å². The number of nitrogens with zero attached hydrogens (tertiary/aromatic N) is 3. The molecule has 0 aliphatic carbocycles. The Balaban J connectivity index is 1.58. The van der Waals surface area contributed by atoms with Gasteiger partial charge in [0.05, 0.1) is 0 Å². The van der Waals surface area contributed by atoms with Crippen LogP contribution in [0, 0.1) is 18.3 Å². The third-order valence-corrected chi connectivity index (χ3v) is 5.67. The molecule has 33 heavy (non-hydrogen) atoms. The van der Waals surface area contributed by atoms with Crippen molar-refractivity contribution in [3.05, 3.63) is 95.1 Å². The number of ketones is 1. The van der Waals surface area contributed by atoms with Crippen LogP contribution in [-0.4, -0.2) is 35.6 Å². The zero-order valence-corrected chi connectivity index (χ0v) is 18.3. The number of carbonyl (C=O) groups excluding carboxylic acids is 2. The van der Waals surface area contributed by atoms with E-state index in [-0.39, 0.29) is 11.5 Å². The Morgan fingerprint density at radius 3 is 2.21 bits per heavy atom. The van der Waals surface area contributed by atoms with Crippen LogP contribution in [-0.2, 0) is 4.84 Å². The Labute approximate surface area is 192 Å². The van der Waals surface area contributed by atoms with Gasteiger partial charge in [-0.15, -0.1) is 0 Å². The van der Waals surface area contributed by atoms with Crippen LogP contribution in [0.5, 0.6) is 0 Å². The molecule has 164 valence electrons. The Bertz CT molecular complexity index is 1270. The van der Waals surface area contributed by atoms with E-state index in [1.807, 2.05) is 61.5 Å². The molecule has 4 rings (SSSR count). The van der Waals surface area contributed by atoms with Crippen LogP contribution in [0.3, 0.4) is 0 Å². The topological polar surface area (TPSA) is 82.8 Å². The average Bonchev–Trinajstić information content (AvgIpc) is 3.40. The molecule has 0 aromatic heterocycles. The second kappa shape index (κ2) is 9.92. The summed E-state index contributed by atoms with van der Waals surface area (Å²) in [6.45, 7) is 3.20. The lowest BCUT2D eigenvalue weighted by Gasteiger charge is -2.11. The smallest absolute Gasteiger partial charge is 0.306 e. The SMILES string of the molecule is Cc1ccccc1C(=O)c1cccc(-c2cccc(/C(C#N)=N/OC(=O)N3CCCC3)c2)c1. The van der Waals surface area contributed by atoms with Crippen LogP contribution in [0.15, 0.2) is 78.0 Å². The monoisotopic (exact) mass is 437 g/mol. The van der Waals surface area contributed by atoms with Crippen LogP contribution in [0.4, 0.5) is 4.79 Å². The largest absolute Gasteiger partial charge is 0.436 e. The third-order valence-electron chi connectivity index (χ3n) is 5.67. The lowest BCUT2D eigenvalue weighted by Crippen LogP contribution is -2.27. The minimum Gasteiger partial charge on any atom is -0.306 e. The highest BCUT2D eigenvalue weighted by atomic mass is 16.7. The van der Waals surface area contributed by atoms with Gasteiger partial charge in [-0.2, -0.15) is 5.26 Å². The summed E-state index contributed by atoms with van der Waals surface area (Å²) in [6.07, 6.45) is 1.34. The quantitative estimate of drug-likeness (QED) is 0.233. The van der Waals surface area contributed by atoms with Gasteiger partial charge in [0.1, 0.15) is 6.07 Å². The molecular weight excluding hydrogens is 414 g/mol. The van der Waals surface area contributed by atoms with Crippen molar-refractivity contribution in [2.24, 2.45) is 5.16 Å². The van der Waals surface area contributed by atoms with E-state index in [1.54, 1.807) is 29.2 Å². The molecule has 1 fully saturated rings. The number of oxime groups is 1. The highest BCUT2D eigenvalue weighted by Gasteiger charge is 2.20. The highest BCUT2D eigenvalue weighted by Crippen LogP contribution is 2.24. The van der Waals surface area contributed by atoms with Crippen LogP contribution in [0.1, 0.15) is 39.9 Å². The minimum atomic E-state index is -0.543. The third kappa shape index (κ3) is 4.99. The van der Waals surface area contributed by atoms with Crippen molar-refractivity contribution in [1.29, 1.82) is 5.26 Å². The number of likely N-dealkylation sites (tertiary alicyclic amines) is 1. The maximum atomic E-state index is 13.0. The van der Waals surface area contributed by atoms with Gasteiger partial charge in [0, 0.05) is 29.8 Å². The fourth-order valence-corrected chi connectivity index (χ4v) is 3.85. The molecule has 6 nitrogen and oxygen atoms in total. The summed E-state index contributed by atoms with van der Waals surface area (Å²) < 4.78 is 0. The van der Waals surface area contributed by atoms with Crippen LogP contribution >= 0.6 is 0 Å². The molecule has 0 saturated carbocycles. The Kier molecular flexibility index (Phi) is 6.61. The van der Waals surface area contributed by atoms with E-state index < -0.39 is 6.09 Å². The first-order chi connectivity index (χ1) is 16.1. The lowest BCUT2D eigenvalue weighted by atomic mass is 9.95. The summed E-state index contributed by atoms with van der Waals surface area (Å²) >= 11 is 0. The van der Waals surface area contributed by atoms with Crippen molar-refractivity contribution in [3.8, 4) is 17.2 Å². The maximum absolute atomic E-state index is 13.0. The normalized spacial score (nSPS) is 13.5. The highest BCUT2D eigenvalue weighted by molar-refractivity contribution is 6.12. The molecule has 3 aromatic carbocycles. The number of carbonyl (C=O) groups is 2. The molecule has 1 aliphatic rings. The molecule has 0 spiro atoms. The molecule has 0 bridgehead atoms. The van der Waals surface area contributed by atoms with E-state index in [2.05, 4.69) is 5.16 Å². The molecule has 1 aliphatic heterocycles. The first-order valence-electron chi connectivity index (χ1n) is 10.8. The molecule has 0 atom stereocenters. The van der Waals surface area contributed by atoms with Gasteiger partial charge in [-0.05, 0) is 48.6 Å². The first kappa shape index (κ1) is 22.0. The standard InChI is InChI=1S/C27H23N3O3/c1-19-8-2-3-13-24(19)26(31)23-12-7-10-21(17-23)20-9-6-11-22(16-20)25(18-28)29-33-27(32)30-14-4-5-15-30/h2-3,6-13,16-17H,4-5,14-15H2,1H3/b29-25+. The molecule has 0 radical (unpaired) electrons. The predicted molar refractivity (Wildman–Crippen MR) is 126 cm³/mol. The second-order valence-corrected chi connectivity index (χ2v) is 7.91.